The maximum Gasteiger partial charge on any atom is 0.306 e. The summed E-state index contributed by atoms with van der Waals surface area (Å²) in [7, 11) is 0. The fourth-order valence-corrected chi connectivity index (χ4v) is 9.96. The van der Waals surface area contributed by atoms with Crippen molar-refractivity contribution in [2.24, 2.45) is 0 Å². The molecule has 0 spiro atoms. The zero-order valence-electron chi connectivity index (χ0n) is 51.5. The van der Waals surface area contributed by atoms with Crippen molar-refractivity contribution in [2.75, 3.05) is 13.2 Å². The molecule has 0 aromatic carbocycles. The van der Waals surface area contributed by atoms with E-state index in [9.17, 15) is 14.4 Å². The van der Waals surface area contributed by atoms with E-state index in [1.54, 1.807) is 0 Å². The maximum atomic E-state index is 12.9. The number of hydrogen-bond acceptors (Lipinski definition) is 6. The highest BCUT2D eigenvalue weighted by Gasteiger charge is 2.19. The van der Waals surface area contributed by atoms with E-state index in [2.05, 4.69) is 81.5 Å². The van der Waals surface area contributed by atoms with E-state index < -0.39 is 6.10 Å². The van der Waals surface area contributed by atoms with Gasteiger partial charge in [0.2, 0.25) is 0 Å². The number of carbonyl (C=O) groups is 3. The summed E-state index contributed by atoms with van der Waals surface area (Å²) in [4.78, 5) is 38.4. The van der Waals surface area contributed by atoms with E-state index in [0.717, 1.165) is 89.9 Å². The number of hydrogen-bond donors (Lipinski definition) is 0. The van der Waals surface area contributed by atoms with Crippen LogP contribution in [0.25, 0.3) is 0 Å². The standard InChI is InChI=1S/C71H128O6/c1-4-7-10-13-16-19-22-25-27-29-31-32-33-34-35-36-37-38-40-41-43-46-49-52-55-58-61-64-70(73)76-67-68(66-75-69(72)63-60-57-54-51-48-45-24-21-18-15-12-9-6-3)77-71(74)65-62-59-56-53-50-47-44-42-39-30-28-26-23-20-17-14-11-8-5-2/h7,10,16,19,21,24-25,27,31-32,68H,4-6,8-9,11-15,17-18,20,22-23,26,28-30,33-67H2,1-3H3/b10-7-,19-16-,24-21-,27-25-,32-31-. The second-order valence-electron chi connectivity index (χ2n) is 22.7. The van der Waals surface area contributed by atoms with Crippen molar-refractivity contribution >= 4 is 17.9 Å². The van der Waals surface area contributed by atoms with Crippen LogP contribution < -0.4 is 0 Å². The molecule has 0 fully saturated rings. The Morgan fingerprint density at radius 2 is 0.506 bits per heavy atom. The second kappa shape index (κ2) is 65.6. The molecule has 0 bridgehead atoms. The summed E-state index contributed by atoms with van der Waals surface area (Å²) in [6.45, 7) is 6.56. The van der Waals surface area contributed by atoms with Crippen LogP contribution in [0, 0.1) is 0 Å². The third-order valence-electron chi connectivity index (χ3n) is 15.0. The summed E-state index contributed by atoms with van der Waals surface area (Å²) >= 11 is 0. The molecule has 0 aromatic heterocycles. The minimum absolute atomic E-state index is 0.0725. The Morgan fingerprint density at radius 1 is 0.273 bits per heavy atom. The van der Waals surface area contributed by atoms with Crippen LogP contribution in [-0.2, 0) is 28.6 Å². The van der Waals surface area contributed by atoms with Crippen LogP contribution >= 0.6 is 0 Å². The highest BCUT2D eigenvalue weighted by atomic mass is 16.6. The molecule has 6 nitrogen and oxygen atoms in total. The maximum absolute atomic E-state index is 12.9. The highest BCUT2D eigenvalue weighted by molar-refractivity contribution is 5.71. The van der Waals surface area contributed by atoms with Gasteiger partial charge in [0, 0.05) is 19.3 Å². The molecule has 6 heteroatoms. The van der Waals surface area contributed by atoms with Gasteiger partial charge in [-0.15, -0.1) is 0 Å². The molecule has 0 aliphatic heterocycles. The fourth-order valence-electron chi connectivity index (χ4n) is 9.96. The molecule has 0 saturated heterocycles. The number of rotatable bonds is 62. The van der Waals surface area contributed by atoms with Crippen LogP contribution in [0.5, 0.6) is 0 Å². The van der Waals surface area contributed by atoms with Gasteiger partial charge in [0.1, 0.15) is 13.2 Å². The minimum atomic E-state index is -0.775. The molecule has 77 heavy (non-hydrogen) atoms. The van der Waals surface area contributed by atoms with Gasteiger partial charge < -0.3 is 14.2 Å². The van der Waals surface area contributed by atoms with Gasteiger partial charge in [-0.1, -0.05) is 313 Å². The fraction of sp³-hybridized carbons (Fsp3) is 0.817. The van der Waals surface area contributed by atoms with Gasteiger partial charge in [0.25, 0.3) is 0 Å². The Kier molecular flexibility index (Phi) is 63.2. The molecular weight excluding hydrogens is 949 g/mol. The van der Waals surface area contributed by atoms with Gasteiger partial charge in [0.15, 0.2) is 6.10 Å². The first-order valence-corrected chi connectivity index (χ1v) is 33.8. The second-order valence-corrected chi connectivity index (χ2v) is 22.7. The van der Waals surface area contributed by atoms with Crippen molar-refractivity contribution in [1.82, 2.24) is 0 Å². The molecule has 0 heterocycles. The molecule has 0 rings (SSSR count). The molecule has 1 unspecified atom stereocenters. The Hall–Kier alpha value is -2.89. The van der Waals surface area contributed by atoms with E-state index in [1.165, 1.54) is 225 Å². The molecule has 0 aromatic rings. The molecule has 0 aliphatic rings. The van der Waals surface area contributed by atoms with Gasteiger partial charge in [-0.3, -0.25) is 14.4 Å². The first kappa shape index (κ1) is 74.1. The van der Waals surface area contributed by atoms with Gasteiger partial charge in [-0.25, -0.2) is 0 Å². The van der Waals surface area contributed by atoms with E-state index in [-0.39, 0.29) is 31.1 Å². The van der Waals surface area contributed by atoms with Crippen LogP contribution in [0.3, 0.4) is 0 Å². The normalized spacial score (nSPS) is 12.4. The van der Waals surface area contributed by atoms with Crippen LogP contribution in [-0.4, -0.2) is 37.2 Å². The van der Waals surface area contributed by atoms with Crippen molar-refractivity contribution in [2.45, 2.75) is 361 Å². The predicted octanol–water partition coefficient (Wildman–Crippen LogP) is 23.1. The van der Waals surface area contributed by atoms with Crippen molar-refractivity contribution in [3.63, 3.8) is 0 Å². The number of ether oxygens (including phenoxy) is 3. The lowest BCUT2D eigenvalue weighted by Gasteiger charge is -2.18. The molecule has 0 aliphatic carbocycles. The Balaban J connectivity index is 4.24. The van der Waals surface area contributed by atoms with Gasteiger partial charge in [-0.2, -0.15) is 0 Å². The van der Waals surface area contributed by atoms with Crippen molar-refractivity contribution in [3.8, 4) is 0 Å². The number of esters is 3. The van der Waals surface area contributed by atoms with Crippen molar-refractivity contribution in [1.29, 1.82) is 0 Å². The average molecular weight is 1080 g/mol. The molecule has 0 saturated carbocycles. The number of carbonyl (C=O) groups excluding carboxylic acids is 3. The molecule has 1 atom stereocenters. The SMILES string of the molecule is CC/C=C\C/C=C\C/C=C\C/C=C\CCCCCCCCCCCCCCCCC(=O)OCC(COC(=O)CCCCCCC/C=C\CCCCCC)OC(=O)CCCCCCCCCCCCCCCCCCCCC. The van der Waals surface area contributed by atoms with Crippen LogP contribution in [0.2, 0.25) is 0 Å². The third kappa shape index (κ3) is 63.8. The predicted molar refractivity (Wildman–Crippen MR) is 335 cm³/mol. The summed E-state index contributed by atoms with van der Waals surface area (Å²) < 4.78 is 17.0. The lowest BCUT2D eigenvalue weighted by atomic mass is 10.0. The quantitative estimate of drug-likeness (QED) is 0.0261. The zero-order valence-corrected chi connectivity index (χ0v) is 51.5. The Labute approximate surface area is 479 Å². The molecular formula is C71H128O6. The Morgan fingerprint density at radius 3 is 0.818 bits per heavy atom. The smallest absolute Gasteiger partial charge is 0.306 e. The molecule has 0 N–H and O–H groups in total. The van der Waals surface area contributed by atoms with Gasteiger partial charge >= 0.3 is 17.9 Å². The average Bonchev–Trinajstić information content (AvgIpc) is 3.43. The molecule has 0 amide bonds. The summed E-state index contributed by atoms with van der Waals surface area (Å²) in [6, 6.07) is 0. The van der Waals surface area contributed by atoms with Crippen molar-refractivity contribution in [3.05, 3.63) is 60.8 Å². The number of allylic oxidation sites excluding steroid dienone is 10. The highest BCUT2D eigenvalue weighted by Crippen LogP contribution is 2.18. The van der Waals surface area contributed by atoms with Gasteiger partial charge in [-0.05, 0) is 83.5 Å². The first-order valence-electron chi connectivity index (χ1n) is 33.8. The monoisotopic (exact) mass is 1080 g/mol. The van der Waals surface area contributed by atoms with Crippen molar-refractivity contribution < 1.29 is 28.6 Å². The van der Waals surface area contributed by atoms with Crippen LogP contribution in [0.4, 0.5) is 0 Å². The summed E-state index contributed by atoms with van der Waals surface area (Å²) in [6.07, 6.45) is 83.8. The lowest BCUT2D eigenvalue weighted by Crippen LogP contribution is -2.30. The van der Waals surface area contributed by atoms with Gasteiger partial charge in [0.05, 0.1) is 0 Å². The van der Waals surface area contributed by atoms with Crippen LogP contribution in [0.15, 0.2) is 60.8 Å². The summed E-state index contributed by atoms with van der Waals surface area (Å²) in [5.74, 6) is -0.859. The van der Waals surface area contributed by atoms with E-state index in [1.807, 2.05) is 0 Å². The van der Waals surface area contributed by atoms with Crippen LogP contribution in [0.1, 0.15) is 355 Å². The zero-order chi connectivity index (χ0) is 55.7. The Bertz CT molecular complexity index is 1380. The summed E-state index contributed by atoms with van der Waals surface area (Å²) in [5, 5.41) is 0. The summed E-state index contributed by atoms with van der Waals surface area (Å²) in [5.41, 5.74) is 0. The first-order chi connectivity index (χ1) is 38.0. The van der Waals surface area contributed by atoms with E-state index in [0.29, 0.717) is 19.3 Å². The molecule has 448 valence electrons. The minimum Gasteiger partial charge on any atom is -0.462 e. The largest absolute Gasteiger partial charge is 0.462 e. The van der Waals surface area contributed by atoms with E-state index in [4.69, 9.17) is 14.2 Å². The molecule has 0 radical (unpaired) electrons. The topological polar surface area (TPSA) is 78.9 Å². The number of unbranched alkanes of at least 4 members (excludes halogenated alkanes) is 41. The van der Waals surface area contributed by atoms with E-state index >= 15 is 0 Å². The lowest BCUT2D eigenvalue weighted by molar-refractivity contribution is -0.167. The third-order valence-corrected chi connectivity index (χ3v) is 15.0.